The van der Waals surface area contributed by atoms with Crippen molar-refractivity contribution >= 4 is 34.7 Å². The third-order valence-electron chi connectivity index (χ3n) is 3.36. The second-order valence-corrected chi connectivity index (χ2v) is 6.03. The van der Waals surface area contributed by atoms with Gasteiger partial charge in [0, 0.05) is 5.56 Å². The van der Waals surface area contributed by atoms with Crippen molar-refractivity contribution in [3.8, 4) is 21.7 Å². The van der Waals surface area contributed by atoms with Gasteiger partial charge in [-0.25, -0.2) is 4.98 Å². The highest BCUT2D eigenvalue weighted by atomic mass is 32.1. The fourth-order valence-electron chi connectivity index (χ4n) is 2.40. The first-order chi connectivity index (χ1) is 10.3. The van der Waals surface area contributed by atoms with Crippen LogP contribution in [0.4, 0.5) is 0 Å². The number of hydrogen-bond donors (Lipinski definition) is 2. The maximum absolute atomic E-state index is 5.11. The van der Waals surface area contributed by atoms with E-state index in [1.165, 1.54) is 16.0 Å². The number of nitrogens with zero attached hydrogens (tertiary/aromatic N) is 1. The van der Waals surface area contributed by atoms with Gasteiger partial charge in [0.2, 0.25) is 0 Å². The smallest absolute Gasteiger partial charge is 0.176 e. The number of aromatic amines is 2. The predicted octanol–water partition coefficient (Wildman–Crippen LogP) is 5.02. The molecule has 3 heterocycles. The van der Waals surface area contributed by atoms with Crippen molar-refractivity contribution in [2.75, 3.05) is 0 Å². The van der Waals surface area contributed by atoms with E-state index >= 15 is 0 Å². The van der Waals surface area contributed by atoms with Crippen molar-refractivity contribution in [3.05, 3.63) is 58.7 Å². The average Bonchev–Trinajstić information content (AvgIpc) is 3.12. The van der Waals surface area contributed by atoms with Crippen LogP contribution in [0.2, 0.25) is 0 Å². The van der Waals surface area contributed by atoms with Crippen molar-refractivity contribution in [3.63, 3.8) is 0 Å². The highest BCUT2D eigenvalue weighted by Crippen LogP contribution is 2.36. The van der Waals surface area contributed by atoms with Crippen molar-refractivity contribution < 1.29 is 0 Å². The van der Waals surface area contributed by atoms with Gasteiger partial charge in [-0.05, 0) is 41.4 Å². The van der Waals surface area contributed by atoms with Crippen LogP contribution in [-0.4, -0.2) is 15.0 Å². The zero-order chi connectivity index (χ0) is 14.2. The lowest BCUT2D eigenvalue weighted by Gasteiger charge is -2.03. The van der Waals surface area contributed by atoms with E-state index in [0.29, 0.717) is 4.77 Å². The van der Waals surface area contributed by atoms with E-state index in [0.717, 1.165) is 16.9 Å². The quantitative estimate of drug-likeness (QED) is 0.511. The minimum atomic E-state index is 0.601. The van der Waals surface area contributed by atoms with Gasteiger partial charge in [0.05, 0.1) is 16.1 Å². The minimum absolute atomic E-state index is 0.601. The molecule has 0 aliphatic heterocycles. The van der Waals surface area contributed by atoms with E-state index in [9.17, 15) is 0 Å². The molecule has 4 rings (SSSR count). The van der Waals surface area contributed by atoms with Gasteiger partial charge >= 0.3 is 0 Å². The maximum Gasteiger partial charge on any atom is 0.176 e. The number of pyridine rings is 1. The van der Waals surface area contributed by atoms with Crippen LogP contribution in [0.3, 0.4) is 0 Å². The Hall–Kier alpha value is -2.24. The lowest BCUT2D eigenvalue weighted by Crippen LogP contribution is -1.84. The zero-order valence-corrected chi connectivity index (χ0v) is 12.6. The van der Waals surface area contributed by atoms with Gasteiger partial charge in [-0.2, -0.15) is 0 Å². The van der Waals surface area contributed by atoms with Crippen LogP contribution in [0.1, 0.15) is 0 Å². The Morgan fingerprint density at radius 1 is 0.952 bits per heavy atom. The molecule has 0 atom stereocenters. The Morgan fingerprint density at radius 2 is 1.81 bits per heavy atom. The largest absolute Gasteiger partial charge is 0.329 e. The summed E-state index contributed by atoms with van der Waals surface area (Å²) in [7, 11) is 0. The molecule has 2 N–H and O–H groups in total. The maximum atomic E-state index is 5.11. The molecule has 0 aliphatic rings. The Bertz CT molecular complexity index is 964. The summed E-state index contributed by atoms with van der Waals surface area (Å²) in [5.74, 6) is 0. The fourth-order valence-corrected chi connectivity index (χ4v) is 3.49. The summed E-state index contributed by atoms with van der Waals surface area (Å²) in [5.41, 5.74) is 5.10. The number of imidazole rings is 1. The third-order valence-corrected chi connectivity index (χ3v) is 4.50. The van der Waals surface area contributed by atoms with E-state index in [2.05, 4.69) is 50.7 Å². The number of aromatic nitrogens is 3. The van der Waals surface area contributed by atoms with Gasteiger partial charge in [-0.3, -0.25) is 0 Å². The van der Waals surface area contributed by atoms with Gasteiger partial charge in [-0.1, -0.05) is 30.3 Å². The molecule has 5 heteroatoms. The van der Waals surface area contributed by atoms with Crippen molar-refractivity contribution in [1.29, 1.82) is 0 Å². The Balaban J connectivity index is 1.89. The molecule has 4 aromatic rings. The van der Waals surface area contributed by atoms with Gasteiger partial charge < -0.3 is 9.97 Å². The van der Waals surface area contributed by atoms with E-state index in [1.54, 1.807) is 11.3 Å². The molecule has 102 valence electrons. The zero-order valence-electron chi connectivity index (χ0n) is 11.0. The first-order valence-corrected chi connectivity index (χ1v) is 7.82. The van der Waals surface area contributed by atoms with Crippen LogP contribution in [0.15, 0.2) is 53.9 Å². The standard InChI is InChI=1S/C16H11N3S2/c20-16-18-13-7-6-12(17-15(13)19-16)14-11(8-9-21-14)10-4-2-1-3-5-10/h1-9H,(H2,17,18,19,20). The molecule has 0 fully saturated rings. The third kappa shape index (κ3) is 2.20. The number of rotatable bonds is 2. The first kappa shape index (κ1) is 12.5. The lowest BCUT2D eigenvalue weighted by molar-refractivity contribution is 1.27. The summed E-state index contributed by atoms with van der Waals surface area (Å²) >= 11 is 6.81. The SMILES string of the molecule is S=c1[nH]c2ccc(-c3sccc3-c3ccccc3)nc2[nH]1. The monoisotopic (exact) mass is 309 g/mol. The molecular formula is C16H11N3S2. The second kappa shape index (κ2) is 4.95. The number of nitrogens with one attached hydrogen (secondary N) is 2. The first-order valence-electron chi connectivity index (χ1n) is 6.53. The van der Waals surface area contributed by atoms with E-state index in [1.807, 2.05) is 18.2 Å². The van der Waals surface area contributed by atoms with Crippen LogP contribution in [-0.2, 0) is 0 Å². The summed E-state index contributed by atoms with van der Waals surface area (Å²) < 4.78 is 0.601. The average molecular weight is 309 g/mol. The molecule has 1 aromatic carbocycles. The summed E-state index contributed by atoms with van der Waals surface area (Å²) in [6.07, 6.45) is 0. The van der Waals surface area contributed by atoms with Crippen LogP contribution in [0, 0.1) is 4.77 Å². The lowest BCUT2D eigenvalue weighted by atomic mass is 10.1. The van der Waals surface area contributed by atoms with Crippen LogP contribution in [0.25, 0.3) is 32.9 Å². The van der Waals surface area contributed by atoms with Gasteiger partial charge in [0.1, 0.15) is 0 Å². The number of thiophene rings is 1. The Morgan fingerprint density at radius 3 is 2.67 bits per heavy atom. The highest BCUT2D eigenvalue weighted by molar-refractivity contribution is 7.71. The van der Waals surface area contributed by atoms with E-state index in [4.69, 9.17) is 12.2 Å². The Kier molecular flexibility index (Phi) is 2.94. The predicted molar refractivity (Wildman–Crippen MR) is 90.0 cm³/mol. The van der Waals surface area contributed by atoms with Crippen LogP contribution < -0.4 is 0 Å². The van der Waals surface area contributed by atoms with Gasteiger partial charge in [0.15, 0.2) is 10.4 Å². The van der Waals surface area contributed by atoms with Gasteiger partial charge in [-0.15, -0.1) is 11.3 Å². The topological polar surface area (TPSA) is 44.5 Å². The molecule has 21 heavy (non-hydrogen) atoms. The summed E-state index contributed by atoms with van der Waals surface area (Å²) in [6, 6.07) is 16.5. The molecule has 0 bridgehead atoms. The normalized spacial score (nSPS) is 11.0. The minimum Gasteiger partial charge on any atom is -0.329 e. The highest BCUT2D eigenvalue weighted by Gasteiger charge is 2.11. The van der Waals surface area contributed by atoms with Gasteiger partial charge in [0.25, 0.3) is 0 Å². The second-order valence-electron chi connectivity index (χ2n) is 4.70. The van der Waals surface area contributed by atoms with Crippen LogP contribution in [0.5, 0.6) is 0 Å². The van der Waals surface area contributed by atoms with Crippen molar-refractivity contribution in [1.82, 2.24) is 15.0 Å². The fraction of sp³-hybridized carbons (Fsp3) is 0. The number of hydrogen-bond acceptors (Lipinski definition) is 3. The van der Waals surface area contributed by atoms with E-state index < -0.39 is 0 Å². The van der Waals surface area contributed by atoms with Crippen LogP contribution >= 0.6 is 23.6 Å². The Labute approximate surface area is 130 Å². The molecule has 0 saturated carbocycles. The molecule has 3 aromatic heterocycles. The van der Waals surface area contributed by atoms with Crippen molar-refractivity contribution in [2.45, 2.75) is 0 Å². The number of fused-ring (bicyclic) bond motifs is 1. The van der Waals surface area contributed by atoms with E-state index in [-0.39, 0.29) is 0 Å². The molecular weight excluding hydrogens is 298 g/mol. The molecule has 0 amide bonds. The molecule has 3 nitrogen and oxygen atoms in total. The molecule has 0 unspecified atom stereocenters. The van der Waals surface area contributed by atoms with Crippen molar-refractivity contribution in [2.24, 2.45) is 0 Å². The molecule has 0 spiro atoms. The summed E-state index contributed by atoms with van der Waals surface area (Å²) in [6.45, 7) is 0. The number of benzene rings is 1. The molecule has 0 radical (unpaired) electrons. The summed E-state index contributed by atoms with van der Waals surface area (Å²) in [5, 5.41) is 2.10. The molecule has 0 aliphatic carbocycles. The number of H-pyrrole nitrogens is 2. The molecule has 0 saturated heterocycles. The summed E-state index contributed by atoms with van der Waals surface area (Å²) in [4.78, 5) is 12.0.